The van der Waals surface area contributed by atoms with Crippen molar-refractivity contribution in [1.82, 2.24) is 18.8 Å². The summed E-state index contributed by atoms with van der Waals surface area (Å²) < 4.78 is 27.5. The fraction of sp³-hybridized carbons (Fsp3) is 0.0909. The highest BCUT2D eigenvalue weighted by atomic mass is 32.2. The van der Waals surface area contributed by atoms with E-state index in [2.05, 4.69) is 15.0 Å². The largest absolute Gasteiger partial charge is 0.369 e. The van der Waals surface area contributed by atoms with E-state index in [1.807, 2.05) is 24.4 Å². The molecule has 0 aliphatic heterocycles. The number of benzene rings is 2. The molecule has 0 aliphatic rings. The zero-order valence-corrected chi connectivity index (χ0v) is 17.7. The maximum Gasteiger partial charge on any atom is 0.269 e. The third-order valence-corrected chi connectivity index (χ3v) is 6.48. The zero-order valence-electron chi connectivity index (χ0n) is 16.9. The van der Waals surface area contributed by atoms with E-state index in [-0.39, 0.29) is 17.4 Å². The molecule has 0 amide bonds. The lowest BCUT2D eigenvalue weighted by molar-refractivity contribution is 0.565. The number of hydrogen-bond acceptors (Lipinski definition) is 6. The number of rotatable bonds is 6. The number of nitrogens with two attached hydrogens (primary N) is 1. The molecule has 2 aromatic heterocycles. The molecule has 2 aromatic carbocycles. The molecule has 2 heterocycles. The summed E-state index contributed by atoms with van der Waals surface area (Å²) in [5, 5.41) is 10.9. The number of nitriles is 1. The van der Waals surface area contributed by atoms with Gasteiger partial charge in [-0.05, 0) is 23.6 Å². The first-order chi connectivity index (χ1) is 15.5. The monoisotopic (exact) mass is 445 g/mol. The van der Waals surface area contributed by atoms with Crippen molar-refractivity contribution in [1.29, 1.82) is 5.26 Å². The van der Waals surface area contributed by atoms with Gasteiger partial charge in [-0.2, -0.15) is 5.26 Å². The summed E-state index contributed by atoms with van der Waals surface area (Å²) in [6.07, 6.45) is 8.15. The van der Waals surface area contributed by atoms with Crippen LogP contribution in [0.4, 0.5) is 5.69 Å². The van der Waals surface area contributed by atoms with E-state index in [0.29, 0.717) is 23.2 Å². The van der Waals surface area contributed by atoms with Crippen LogP contribution in [-0.4, -0.2) is 39.8 Å². The van der Waals surface area contributed by atoms with Crippen LogP contribution in [0.15, 0.2) is 89.4 Å². The molecule has 160 valence electrons. The number of guanidine groups is 1. The Hall–Kier alpha value is -4.23. The Bertz CT molecular complexity index is 1420. The van der Waals surface area contributed by atoms with Crippen molar-refractivity contribution in [2.24, 2.45) is 10.7 Å². The first kappa shape index (κ1) is 21.0. The van der Waals surface area contributed by atoms with Crippen LogP contribution in [0, 0.1) is 11.5 Å². The maximum absolute atomic E-state index is 13.2. The van der Waals surface area contributed by atoms with Crippen LogP contribution in [0.25, 0.3) is 10.8 Å². The van der Waals surface area contributed by atoms with Crippen molar-refractivity contribution in [3.63, 3.8) is 0 Å². The summed E-state index contributed by atoms with van der Waals surface area (Å²) in [7, 11) is -3.82. The van der Waals surface area contributed by atoms with E-state index < -0.39 is 10.0 Å². The second-order valence-corrected chi connectivity index (χ2v) is 8.67. The van der Waals surface area contributed by atoms with Crippen LogP contribution >= 0.6 is 0 Å². The molecule has 9 nitrogen and oxygen atoms in total. The van der Waals surface area contributed by atoms with E-state index in [0.717, 1.165) is 9.36 Å². The first-order valence-electron chi connectivity index (χ1n) is 9.67. The number of aromatic nitrogens is 3. The summed E-state index contributed by atoms with van der Waals surface area (Å²) in [5.41, 5.74) is 7.02. The first-order valence-corrected chi connectivity index (χ1v) is 11.1. The molecular formula is C22H19N7O2S. The molecular weight excluding hydrogens is 426 g/mol. The van der Waals surface area contributed by atoms with Crippen LogP contribution in [-0.2, 0) is 16.4 Å². The average Bonchev–Trinajstić information content (AvgIpc) is 3.30. The summed E-state index contributed by atoms with van der Waals surface area (Å²) >= 11 is 0. The Kier molecular flexibility index (Phi) is 5.83. The number of aliphatic imine (C=N–C) groups is 1. The molecule has 0 unspecified atom stereocenters. The molecule has 10 heteroatoms. The van der Waals surface area contributed by atoms with Crippen molar-refractivity contribution >= 4 is 32.4 Å². The van der Waals surface area contributed by atoms with Crippen LogP contribution in [0.5, 0.6) is 0 Å². The molecule has 0 fully saturated rings. The molecule has 0 radical (unpaired) electrons. The van der Waals surface area contributed by atoms with Gasteiger partial charge < -0.3 is 5.73 Å². The smallest absolute Gasteiger partial charge is 0.269 e. The van der Waals surface area contributed by atoms with Crippen molar-refractivity contribution in [2.75, 3.05) is 6.54 Å². The predicted octanol–water partition coefficient (Wildman–Crippen LogP) is 2.64. The van der Waals surface area contributed by atoms with Gasteiger partial charge in [0.2, 0.25) is 5.96 Å². The maximum atomic E-state index is 13.2. The van der Waals surface area contributed by atoms with Gasteiger partial charge >= 0.3 is 0 Å². The molecule has 0 atom stereocenters. The SMILES string of the molecule is N#CN(CCc1cn(S(=O)(=O)c2cccc3ccccc23)cn1)C(N)=Nc1ccncc1. The van der Waals surface area contributed by atoms with Crippen molar-refractivity contribution in [2.45, 2.75) is 11.3 Å². The third kappa shape index (κ3) is 4.28. The van der Waals surface area contributed by atoms with E-state index in [1.165, 1.54) is 17.4 Å². The van der Waals surface area contributed by atoms with E-state index in [4.69, 9.17) is 5.73 Å². The number of nitrogens with zero attached hydrogens (tertiary/aromatic N) is 6. The quantitative estimate of drug-likeness (QED) is 0.209. The molecule has 4 rings (SSSR count). The van der Waals surface area contributed by atoms with Crippen molar-refractivity contribution < 1.29 is 8.42 Å². The van der Waals surface area contributed by atoms with E-state index in [1.54, 1.807) is 48.8 Å². The lowest BCUT2D eigenvalue weighted by Crippen LogP contribution is -2.34. The Balaban J connectivity index is 1.52. The zero-order chi connectivity index (χ0) is 22.6. The van der Waals surface area contributed by atoms with Crippen molar-refractivity contribution in [3.05, 3.63) is 85.2 Å². The van der Waals surface area contributed by atoms with Gasteiger partial charge in [-0.25, -0.2) is 27.3 Å². The molecule has 0 spiro atoms. The highest BCUT2D eigenvalue weighted by molar-refractivity contribution is 7.90. The molecule has 4 aromatic rings. The van der Waals surface area contributed by atoms with Crippen LogP contribution in [0.3, 0.4) is 0 Å². The lowest BCUT2D eigenvalue weighted by atomic mass is 10.1. The molecule has 0 aliphatic carbocycles. The molecule has 32 heavy (non-hydrogen) atoms. The van der Waals surface area contributed by atoms with Gasteiger partial charge in [0, 0.05) is 36.9 Å². The molecule has 0 bridgehead atoms. The van der Waals surface area contributed by atoms with Crippen LogP contribution in [0.1, 0.15) is 5.69 Å². The summed E-state index contributed by atoms with van der Waals surface area (Å²) in [6, 6.07) is 15.8. The van der Waals surface area contributed by atoms with Gasteiger partial charge in [-0.1, -0.05) is 36.4 Å². The van der Waals surface area contributed by atoms with Crippen LogP contribution < -0.4 is 5.73 Å². The summed E-state index contributed by atoms with van der Waals surface area (Å²) in [5.74, 6) is 0.0292. The van der Waals surface area contributed by atoms with Gasteiger partial charge in [-0.15, -0.1) is 0 Å². The Morgan fingerprint density at radius 3 is 2.66 bits per heavy atom. The fourth-order valence-corrected chi connectivity index (χ4v) is 4.57. The summed E-state index contributed by atoms with van der Waals surface area (Å²) in [6.45, 7) is 0.197. The standard InChI is InChI=1S/C22H19N7O2S/c23-15-28(22(24)27-18-8-11-25-12-9-18)13-10-19-14-29(16-26-19)32(30,31)21-7-3-5-17-4-1-2-6-20(17)21/h1-9,11-12,14,16H,10,13H2,(H2,24,25,27). The topological polar surface area (TPSA) is 130 Å². The van der Waals surface area contributed by atoms with Gasteiger partial charge in [0.25, 0.3) is 10.0 Å². The Morgan fingerprint density at radius 2 is 1.88 bits per heavy atom. The lowest BCUT2D eigenvalue weighted by Gasteiger charge is -2.13. The minimum absolute atomic E-state index is 0.0292. The van der Waals surface area contributed by atoms with E-state index in [9.17, 15) is 13.7 Å². The van der Waals surface area contributed by atoms with Crippen molar-refractivity contribution in [3.8, 4) is 6.19 Å². The van der Waals surface area contributed by atoms with Gasteiger partial charge in [-0.3, -0.25) is 4.98 Å². The third-order valence-electron chi connectivity index (χ3n) is 4.81. The van der Waals surface area contributed by atoms with Gasteiger partial charge in [0.1, 0.15) is 6.33 Å². The van der Waals surface area contributed by atoms with E-state index >= 15 is 0 Å². The summed E-state index contributed by atoms with van der Waals surface area (Å²) in [4.78, 5) is 13.7. The number of pyridine rings is 1. The Labute approximate surface area is 185 Å². The van der Waals surface area contributed by atoms with Gasteiger partial charge in [0.05, 0.1) is 16.3 Å². The minimum Gasteiger partial charge on any atom is -0.369 e. The van der Waals surface area contributed by atoms with Gasteiger partial charge in [0.15, 0.2) is 6.19 Å². The molecule has 2 N–H and O–H groups in total. The fourth-order valence-electron chi connectivity index (χ4n) is 3.19. The second kappa shape index (κ2) is 8.87. The second-order valence-electron chi connectivity index (χ2n) is 6.85. The number of fused-ring (bicyclic) bond motifs is 1. The van der Waals surface area contributed by atoms with Crippen LogP contribution in [0.2, 0.25) is 0 Å². The Morgan fingerprint density at radius 1 is 1.12 bits per heavy atom. The number of imidazole rings is 1. The minimum atomic E-state index is -3.82. The average molecular weight is 446 g/mol. The highest BCUT2D eigenvalue weighted by Crippen LogP contribution is 2.24. The molecule has 0 saturated heterocycles. The normalized spacial score (nSPS) is 11.9. The highest BCUT2D eigenvalue weighted by Gasteiger charge is 2.20. The molecule has 0 saturated carbocycles. The predicted molar refractivity (Wildman–Crippen MR) is 120 cm³/mol. The number of hydrogen-bond donors (Lipinski definition) is 1.